The molecule has 0 bridgehead atoms. The molecule has 0 unspecified atom stereocenters. The number of hydrogen-bond acceptors (Lipinski definition) is 7. The summed E-state index contributed by atoms with van der Waals surface area (Å²) in [6.07, 6.45) is 0. The van der Waals surface area contributed by atoms with E-state index in [-0.39, 0.29) is 12.5 Å². The normalized spacial score (nSPS) is 11.2. The second kappa shape index (κ2) is 10.1. The third-order valence-electron chi connectivity index (χ3n) is 5.26. The van der Waals surface area contributed by atoms with Gasteiger partial charge in [-0.15, -0.1) is 0 Å². The van der Waals surface area contributed by atoms with Crippen molar-refractivity contribution in [3.63, 3.8) is 0 Å². The highest BCUT2D eigenvalue weighted by Crippen LogP contribution is 2.23. The lowest BCUT2D eigenvalue weighted by atomic mass is 10.1. The fraction of sp³-hybridized carbons (Fsp3) is 0.308. The second-order valence-corrected chi connectivity index (χ2v) is 8.86. The molecule has 0 fully saturated rings. The Balaban J connectivity index is 1.53. The number of furan rings is 1. The fourth-order valence-electron chi connectivity index (χ4n) is 3.79. The number of nitrogens with zero attached hydrogens (tertiary/aromatic N) is 5. The molecule has 0 aliphatic heterocycles. The van der Waals surface area contributed by atoms with Crippen molar-refractivity contribution in [1.82, 2.24) is 24.6 Å². The number of aryl methyl sites for hydroxylation is 4. The maximum absolute atomic E-state index is 12.7. The number of carbonyl (C=O) groups is 1. The van der Waals surface area contributed by atoms with Crippen LogP contribution in [-0.4, -0.2) is 51.3 Å². The predicted molar refractivity (Wildman–Crippen MR) is 134 cm³/mol. The van der Waals surface area contributed by atoms with Gasteiger partial charge in [-0.1, -0.05) is 12.1 Å². The highest BCUT2D eigenvalue weighted by atomic mass is 16.5. The third kappa shape index (κ3) is 5.93. The minimum Gasteiger partial charge on any atom is -0.483 e. The largest absolute Gasteiger partial charge is 0.483 e. The third-order valence-corrected chi connectivity index (χ3v) is 5.26. The zero-order chi connectivity index (χ0) is 25.1. The molecule has 9 nitrogen and oxygen atoms in total. The molecule has 3 aromatic heterocycles. The van der Waals surface area contributed by atoms with E-state index in [9.17, 15) is 4.79 Å². The van der Waals surface area contributed by atoms with Crippen molar-refractivity contribution in [2.75, 3.05) is 26.0 Å². The van der Waals surface area contributed by atoms with E-state index in [1.165, 1.54) is 5.56 Å². The predicted octanol–water partition coefficient (Wildman–Crippen LogP) is 4.24. The van der Waals surface area contributed by atoms with Crippen molar-refractivity contribution in [3.05, 3.63) is 70.7 Å². The Labute approximate surface area is 204 Å². The topological polar surface area (TPSA) is 98.3 Å². The van der Waals surface area contributed by atoms with Gasteiger partial charge in [-0.05, 0) is 77.2 Å². The molecule has 1 N–H and O–H groups in total. The van der Waals surface area contributed by atoms with E-state index in [1.54, 1.807) is 16.8 Å². The monoisotopic (exact) mass is 474 g/mol. The van der Waals surface area contributed by atoms with E-state index in [0.29, 0.717) is 29.0 Å². The van der Waals surface area contributed by atoms with Gasteiger partial charge < -0.3 is 19.4 Å². The summed E-state index contributed by atoms with van der Waals surface area (Å²) in [7, 11) is 4.05. The number of nitrogens with one attached hydrogen (secondary N) is 1. The van der Waals surface area contributed by atoms with Gasteiger partial charge in [0.2, 0.25) is 0 Å². The number of benzene rings is 1. The number of ether oxygens (including phenoxy) is 1. The second-order valence-electron chi connectivity index (χ2n) is 8.86. The minimum atomic E-state index is -0.332. The first kappa shape index (κ1) is 24.2. The molecule has 0 spiro atoms. The molecule has 9 heteroatoms. The van der Waals surface area contributed by atoms with Crippen LogP contribution in [0.2, 0.25) is 0 Å². The summed E-state index contributed by atoms with van der Waals surface area (Å²) in [4.78, 5) is 23.9. The molecule has 3 heterocycles. The summed E-state index contributed by atoms with van der Waals surface area (Å²) in [5.41, 5.74) is 3.93. The zero-order valence-corrected chi connectivity index (χ0v) is 20.9. The van der Waals surface area contributed by atoms with Crippen molar-refractivity contribution in [2.45, 2.75) is 34.2 Å². The number of carbonyl (C=O) groups excluding carboxylic acids is 1. The summed E-state index contributed by atoms with van der Waals surface area (Å²) in [6.45, 7) is 8.36. The number of anilines is 1. The van der Waals surface area contributed by atoms with Crippen LogP contribution in [-0.2, 0) is 11.3 Å². The zero-order valence-electron chi connectivity index (χ0n) is 20.9. The molecule has 0 aliphatic rings. The first-order chi connectivity index (χ1) is 16.7. The highest BCUT2D eigenvalue weighted by molar-refractivity contribution is 5.91. The number of amides is 1. The van der Waals surface area contributed by atoms with E-state index < -0.39 is 0 Å². The van der Waals surface area contributed by atoms with Crippen LogP contribution in [0.3, 0.4) is 0 Å². The number of aromatic nitrogens is 4. The van der Waals surface area contributed by atoms with Crippen LogP contribution in [0.4, 0.5) is 5.82 Å². The molecule has 35 heavy (non-hydrogen) atoms. The van der Waals surface area contributed by atoms with Gasteiger partial charge in [-0.2, -0.15) is 5.10 Å². The van der Waals surface area contributed by atoms with Crippen molar-refractivity contribution >= 4 is 11.7 Å². The molecule has 1 aromatic carbocycles. The van der Waals surface area contributed by atoms with Crippen LogP contribution in [0.15, 0.2) is 46.9 Å². The van der Waals surface area contributed by atoms with Crippen LogP contribution < -0.4 is 10.1 Å². The summed E-state index contributed by atoms with van der Waals surface area (Å²) >= 11 is 0. The summed E-state index contributed by atoms with van der Waals surface area (Å²) in [5.74, 6) is 2.79. The van der Waals surface area contributed by atoms with Gasteiger partial charge in [0, 0.05) is 18.3 Å². The van der Waals surface area contributed by atoms with Crippen molar-refractivity contribution < 1.29 is 13.9 Å². The molecule has 4 aromatic rings. The standard InChI is InChI=1S/C26H30N6O3/c1-16-11-20(14-31(5)6)8-10-21(16)34-15-25(33)27-23-13-24(32-18(3)12-17(2)30-32)29-26(28-23)22-9-7-19(4)35-22/h7-13H,14-15H2,1-6H3,(H,27,28,29,33). The number of rotatable bonds is 8. The smallest absolute Gasteiger partial charge is 0.263 e. The summed E-state index contributed by atoms with van der Waals surface area (Å²) < 4.78 is 13.2. The fourth-order valence-corrected chi connectivity index (χ4v) is 3.79. The van der Waals surface area contributed by atoms with Gasteiger partial charge in [0.25, 0.3) is 5.91 Å². The lowest BCUT2D eigenvalue weighted by Gasteiger charge is -2.13. The molecule has 1 amide bonds. The molecule has 4 rings (SSSR count). The Bertz CT molecular complexity index is 1360. The number of hydrogen-bond donors (Lipinski definition) is 1. The van der Waals surface area contributed by atoms with Crippen LogP contribution in [0, 0.1) is 27.7 Å². The Morgan fingerprint density at radius 1 is 1.06 bits per heavy atom. The van der Waals surface area contributed by atoms with E-state index in [1.807, 2.05) is 66.1 Å². The first-order valence-corrected chi connectivity index (χ1v) is 11.3. The maximum atomic E-state index is 12.7. The molecule has 182 valence electrons. The van der Waals surface area contributed by atoms with Gasteiger partial charge in [0.1, 0.15) is 17.3 Å². The Morgan fingerprint density at radius 2 is 1.86 bits per heavy atom. The Morgan fingerprint density at radius 3 is 2.49 bits per heavy atom. The van der Waals surface area contributed by atoms with Gasteiger partial charge in [0.05, 0.1) is 5.69 Å². The van der Waals surface area contributed by atoms with Gasteiger partial charge in [-0.3, -0.25) is 4.79 Å². The van der Waals surface area contributed by atoms with Crippen LogP contribution >= 0.6 is 0 Å². The molecule has 0 saturated heterocycles. The Kier molecular flexibility index (Phi) is 6.97. The molecule has 0 aliphatic carbocycles. The maximum Gasteiger partial charge on any atom is 0.263 e. The summed E-state index contributed by atoms with van der Waals surface area (Å²) in [5, 5.41) is 7.32. The van der Waals surface area contributed by atoms with E-state index >= 15 is 0 Å². The molecular weight excluding hydrogens is 444 g/mol. The van der Waals surface area contributed by atoms with Gasteiger partial charge in [-0.25, -0.2) is 14.6 Å². The first-order valence-electron chi connectivity index (χ1n) is 11.3. The minimum absolute atomic E-state index is 0.150. The lowest BCUT2D eigenvalue weighted by molar-refractivity contribution is -0.118. The Hall–Kier alpha value is -3.98. The van der Waals surface area contributed by atoms with Crippen LogP contribution in [0.25, 0.3) is 17.4 Å². The van der Waals surface area contributed by atoms with Crippen molar-refractivity contribution in [1.29, 1.82) is 0 Å². The van der Waals surface area contributed by atoms with E-state index in [0.717, 1.165) is 29.3 Å². The van der Waals surface area contributed by atoms with E-state index in [4.69, 9.17) is 9.15 Å². The SMILES string of the molecule is Cc1cc(C)n(-c2cc(NC(=O)COc3ccc(CN(C)C)cc3C)nc(-c3ccc(C)o3)n2)n1. The molecule has 0 atom stereocenters. The average molecular weight is 475 g/mol. The van der Waals surface area contributed by atoms with Gasteiger partial charge in [0.15, 0.2) is 24.0 Å². The highest BCUT2D eigenvalue weighted by Gasteiger charge is 2.15. The molecular formula is C26H30N6O3. The van der Waals surface area contributed by atoms with Crippen molar-refractivity contribution in [2.24, 2.45) is 0 Å². The van der Waals surface area contributed by atoms with Crippen LogP contribution in [0.1, 0.15) is 28.3 Å². The lowest BCUT2D eigenvalue weighted by Crippen LogP contribution is -2.21. The van der Waals surface area contributed by atoms with Crippen molar-refractivity contribution in [3.8, 4) is 23.2 Å². The molecule has 0 saturated carbocycles. The van der Waals surface area contributed by atoms with Gasteiger partial charge >= 0.3 is 0 Å². The average Bonchev–Trinajstić information content (AvgIpc) is 3.37. The molecule has 0 radical (unpaired) electrons. The summed E-state index contributed by atoms with van der Waals surface area (Å²) in [6, 6.07) is 13.2. The van der Waals surface area contributed by atoms with Crippen LogP contribution in [0.5, 0.6) is 5.75 Å². The van der Waals surface area contributed by atoms with E-state index in [2.05, 4.69) is 31.3 Å². The quantitative estimate of drug-likeness (QED) is 0.408.